The number of rotatable bonds is 4. The van der Waals surface area contributed by atoms with Crippen LogP contribution in [0.2, 0.25) is 0 Å². The molecule has 1 aliphatic heterocycles. The van der Waals surface area contributed by atoms with E-state index in [1.165, 1.54) is 34.7 Å². The number of thiophene rings is 1. The van der Waals surface area contributed by atoms with Crippen LogP contribution in [0.25, 0.3) is 10.4 Å². The van der Waals surface area contributed by atoms with Gasteiger partial charge in [-0.05, 0) is 37.4 Å². The van der Waals surface area contributed by atoms with Gasteiger partial charge in [-0.25, -0.2) is 0 Å². The van der Waals surface area contributed by atoms with Gasteiger partial charge in [-0.2, -0.15) is 5.10 Å². The first-order valence-corrected chi connectivity index (χ1v) is 8.51. The predicted molar refractivity (Wildman–Crippen MR) is 95.4 cm³/mol. The molecule has 1 fully saturated rings. The number of nitrogens with two attached hydrogens (primary N) is 1. The summed E-state index contributed by atoms with van der Waals surface area (Å²) in [6.07, 6.45) is 6.60. The highest BCUT2D eigenvalue weighted by Crippen LogP contribution is 2.30. The van der Waals surface area contributed by atoms with Crippen LogP contribution in [-0.2, 0) is 13.6 Å². The van der Waals surface area contributed by atoms with Crippen LogP contribution in [0.15, 0.2) is 24.5 Å². The van der Waals surface area contributed by atoms with Crippen LogP contribution >= 0.6 is 23.7 Å². The van der Waals surface area contributed by atoms with Crippen molar-refractivity contribution in [1.82, 2.24) is 14.7 Å². The molecular weight excluding hydrogens is 316 g/mol. The van der Waals surface area contributed by atoms with Crippen molar-refractivity contribution in [2.45, 2.75) is 32.4 Å². The van der Waals surface area contributed by atoms with Crippen molar-refractivity contribution < 1.29 is 0 Å². The van der Waals surface area contributed by atoms with E-state index in [0.29, 0.717) is 12.0 Å². The smallest absolute Gasteiger partial charge is 0.0576 e. The molecule has 6 heteroatoms. The Morgan fingerprint density at radius 1 is 1.41 bits per heavy atom. The van der Waals surface area contributed by atoms with Crippen molar-refractivity contribution >= 4 is 23.7 Å². The molecule has 0 bridgehead atoms. The molecule has 3 heterocycles. The van der Waals surface area contributed by atoms with E-state index in [1.54, 1.807) is 0 Å². The molecule has 122 valence electrons. The third-order valence-electron chi connectivity index (χ3n) is 4.48. The van der Waals surface area contributed by atoms with Crippen molar-refractivity contribution in [3.8, 4) is 10.4 Å². The topological polar surface area (TPSA) is 47.1 Å². The molecule has 0 radical (unpaired) electrons. The quantitative estimate of drug-likeness (QED) is 0.930. The number of aryl methyl sites for hydroxylation is 1. The number of nitrogens with zero attached hydrogens (tertiary/aromatic N) is 3. The summed E-state index contributed by atoms with van der Waals surface area (Å²) in [5.41, 5.74) is 7.19. The van der Waals surface area contributed by atoms with Gasteiger partial charge in [-0.1, -0.05) is 6.92 Å². The SMILES string of the molecule is CC1CCCN(Cc2ccc(-c3cnn(C)c3)s2)C1CN.Cl. The van der Waals surface area contributed by atoms with Crippen LogP contribution in [0.1, 0.15) is 24.6 Å². The molecule has 0 saturated carbocycles. The Hall–Kier alpha value is -0.880. The first-order valence-electron chi connectivity index (χ1n) is 7.69. The first kappa shape index (κ1) is 17.5. The maximum absolute atomic E-state index is 5.99. The van der Waals surface area contributed by atoms with E-state index in [4.69, 9.17) is 5.73 Å². The van der Waals surface area contributed by atoms with Gasteiger partial charge in [0.15, 0.2) is 0 Å². The van der Waals surface area contributed by atoms with Gasteiger partial charge < -0.3 is 5.73 Å². The van der Waals surface area contributed by atoms with Gasteiger partial charge in [0.25, 0.3) is 0 Å². The molecule has 1 saturated heterocycles. The van der Waals surface area contributed by atoms with E-state index in [-0.39, 0.29) is 12.4 Å². The minimum absolute atomic E-state index is 0. The Morgan fingerprint density at radius 3 is 2.91 bits per heavy atom. The molecule has 3 rings (SSSR count). The Morgan fingerprint density at radius 2 is 2.23 bits per heavy atom. The van der Waals surface area contributed by atoms with Crippen molar-refractivity contribution in [1.29, 1.82) is 0 Å². The second-order valence-electron chi connectivity index (χ2n) is 6.06. The Balaban J connectivity index is 0.00000176. The van der Waals surface area contributed by atoms with Crippen LogP contribution in [0.5, 0.6) is 0 Å². The lowest BCUT2D eigenvalue weighted by Crippen LogP contribution is -2.47. The predicted octanol–water partition coefficient (Wildman–Crippen LogP) is 3.13. The van der Waals surface area contributed by atoms with E-state index in [9.17, 15) is 0 Å². The number of hydrogen-bond donors (Lipinski definition) is 1. The summed E-state index contributed by atoms with van der Waals surface area (Å²) < 4.78 is 1.85. The number of piperidine rings is 1. The number of hydrogen-bond acceptors (Lipinski definition) is 4. The van der Waals surface area contributed by atoms with Gasteiger partial charge in [0.2, 0.25) is 0 Å². The Kier molecular flexibility index (Phi) is 6.03. The highest BCUT2D eigenvalue weighted by atomic mass is 35.5. The van der Waals surface area contributed by atoms with Crippen LogP contribution in [0.3, 0.4) is 0 Å². The van der Waals surface area contributed by atoms with Crippen LogP contribution in [-0.4, -0.2) is 33.8 Å². The summed E-state index contributed by atoms with van der Waals surface area (Å²) in [5, 5.41) is 4.25. The molecule has 4 nitrogen and oxygen atoms in total. The Labute approximate surface area is 142 Å². The molecular formula is C16H25ClN4S. The normalized spacial score (nSPS) is 22.5. The largest absolute Gasteiger partial charge is 0.329 e. The molecule has 2 aromatic heterocycles. The molecule has 2 unspecified atom stereocenters. The molecule has 0 aliphatic carbocycles. The standard InChI is InChI=1S/C16H24N4S.ClH/c1-12-4-3-7-20(15(12)8-17)11-14-5-6-16(21-14)13-9-18-19(2)10-13;/h5-6,9-10,12,15H,3-4,7-8,11,17H2,1-2H3;1H. The van der Waals surface area contributed by atoms with Crippen molar-refractivity contribution in [2.75, 3.05) is 13.1 Å². The van der Waals surface area contributed by atoms with Gasteiger partial charge in [0, 0.05) is 47.7 Å². The van der Waals surface area contributed by atoms with E-state index in [1.807, 2.05) is 29.3 Å². The van der Waals surface area contributed by atoms with Crippen LogP contribution in [0, 0.1) is 5.92 Å². The zero-order valence-corrected chi connectivity index (χ0v) is 14.9. The Bertz CT molecular complexity index is 594. The lowest BCUT2D eigenvalue weighted by atomic mass is 9.91. The molecule has 2 atom stereocenters. The maximum atomic E-state index is 5.99. The van der Waals surface area contributed by atoms with Crippen molar-refractivity contribution in [2.24, 2.45) is 18.7 Å². The maximum Gasteiger partial charge on any atom is 0.0576 e. The highest BCUT2D eigenvalue weighted by Gasteiger charge is 2.27. The van der Waals surface area contributed by atoms with Crippen molar-refractivity contribution in [3.63, 3.8) is 0 Å². The summed E-state index contributed by atoms with van der Waals surface area (Å²) in [6.45, 7) is 5.30. The molecule has 0 amide bonds. The number of likely N-dealkylation sites (tertiary alicyclic amines) is 1. The van der Waals surface area contributed by atoms with Gasteiger partial charge in [-0.3, -0.25) is 9.58 Å². The van der Waals surface area contributed by atoms with Crippen LogP contribution < -0.4 is 5.73 Å². The zero-order valence-electron chi connectivity index (χ0n) is 13.2. The summed E-state index contributed by atoms with van der Waals surface area (Å²) in [7, 11) is 1.96. The second-order valence-corrected chi connectivity index (χ2v) is 7.23. The number of halogens is 1. The number of aromatic nitrogens is 2. The van der Waals surface area contributed by atoms with Gasteiger partial charge in [-0.15, -0.1) is 23.7 Å². The molecule has 1 aliphatic rings. The van der Waals surface area contributed by atoms with Gasteiger partial charge in [0.05, 0.1) is 6.20 Å². The van der Waals surface area contributed by atoms with Crippen molar-refractivity contribution in [3.05, 3.63) is 29.4 Å². The highest BCUT2D eigenvalue weighted by molar-refractivity contribution is 7.15. The first-order chi connectivity index (χ1) is 10.2. The molecule has 22 heavy (non-hydrogen) atoms. The fourth-order valence-electron chi connectivity index (χ4n) is 3.28. The van der Waals surface area contributed by atoms with E-state index < -0.39 is 0 Å². The zero-order chi connectivity index (χ0) is 14.8. The van der Waals surface area contributed by atoms with Gasteiger partial charge in [0.1, 0.15) is 0 Å². The second kappa shape index (κ2) is 7.59. The lowest BCUT2D eigenvalue weighted by Gasteiger charge is -2.39. The molecule has 0 aromatic carbocycles. The average Bonchev–Trinajstić information content (AvgIpc) is 3.08. The summed E-state index contributed by atoms with van der Waals surface area (Å²) in [4.78, 5) is 5.28. The molecule has 0 spiro atoms. The summed E-state index contributed by atoms with van der Waals surface area (Å²) in [6, 6.07) is 4.99. The van der Waals surface area contributed by atoms with E-state index in [0.717, 1.165) is 13.1 Å². The minimum atomic E-state index is 0. The third-order valence-corrected chi connectivity index (χ3v) is 5.60. The van der Waals surface area contributed by atoms with E-state index in [2.05, 4.69) is 35.3 Å². The minimum Gasteiger partial charge on any atom is -0.329 e. The monoisotopic (exact) mass is 340 g/mol. The third kappa shape index (κ3) is 3.71. The van der Waals surface area contributed by atoms with Crippen LogP contribution in [0.4, 0.5) is 0 Å². The van der Waals surface area contributed by atoms with Gasteiger partial charge >= 0.3 is 0 Å². The lowest BCUT2D eigenvalue weighted by molar-refractivity contribution is 0.100. The van der Waals surface area contributed by atoms with E-state index >= 15 is 0 Å². The molecule has 2 aromatic rings. The molecule has 2 N–H and O–H groups in total. The summed E-state index contributed by atoms with van der Waals surface area (Å²) in [5.74, 6) is 0.710. The fraction of sp³-hybridized carbons (Fsp3) is 0.562. The average molecular weight is 341 g/mol. The summed E-state index contributed by atoms with van der Waals surface area (Å²) >= 11 is 1.87. The fourth-order valence-corrected chi connectivity index (χ4v) is 4.29.